The van der Waals surface area contributed by atoms with E-state index in [1.807, 2.05) is 0 Å². The Labute approximate surface area is 208 Å². The zero-order chi connectivity index (χ0) is 24.2. The summed E-state index contributed by atoms with van der Waals surface area (Å²) in [6, 6.07) is 2.14. The van der Waals surface area contributed by atoms with Gasteiger partial charge in [-0.1, -0.05) is 118 Å². The van der Waals surface area contributed by atoms with E-state index in [2.05, 4.69) is 33.8 Å². The molecule has 1 aromatic carbocycles. The van der Waals surface area contributed by atoms with Crippen molar-refractivity contribution < 1.29 is 5.11 Å². The lowest BCUT2D eigenvalue weighted by Crippen LogP contribution is -2.07. The smallest absolute Gasteiger partial charge is 0.119 e. The lowest BCUT2D eigenvalue weighted by molar-refractivity contribution is 0.463. The maximum Gasteiger partial charge on any atom is 0.119 e. The van der Waals surface area contributed by atoms with Crippen molar-refractivity contribution >= 4 is 0 Å². The van der Waals surface area contributed by atoms with Crippen molar-refractivity contribution in [2.45, 2.75) is 169 Å². The number of aryl methyl sites for hydroxylation is 1. The molecule has 0 aliphatic rings. The van der Waals surface area contributed by atoms with Crippen molar-refractivity contribution in [1.82, 2.24) is 0 Å². The number of benzene rings is 1. The van der Waals surface area contributed by atoms with Gasteiger partial charge in [-0.25, -0.2) is 0 Å². The van der Waals surface area contributed by atoms with Gasteiger partial charge in [-0.15, -0.1) is 0 Å². The van der Waals surface area contributed by atoms with Crippen LogP contribution in [0, 0.1) is 0 Å². The minimum atomic E-state index is 0.583. The molecule has 0 fully saturated rings. The third-order valence-corrected chi connectivity index (χ3v) is 7.38. The Hall–Kier alpha value is -0.980. The van der Waals surface area contributed by atoms with Gasteiger partial charge in [-0.05, 0) is 79.7 Å². The zero-order valence-electron chi connectivity index (χ0n) is 23.1. The van der Waals surface area contributed by atoms with Gasteiger partial charge in [0.05, 0.1) is 0 Å². The van der Waals surface area contributed by atoms with Crippen molar-refractivity contribution in [1.29, 1.82) is 0 Å². The van der Waals surface area contributed by atoms with Gasteiger partial charge in [0, 0.05) is 0 Å². The molecule has 0 radical (unpaired) electrons. The molecule has 0 atom stereocenters. The average molecular weight is 459 g/mol. The highest BCUT2D eigenvalue weighted by Crippen LogP contribution is 2.33. The summed E-state index contributed by atoms with van der Waals surface area (Å²) in [6.07, 6.45) is 28.7. The maximum atomic E-state index is 10.9. The summed E-state index contributed by atoms with van der Waals surface area (Å²) in [6.45, 7) is 9.12. The molecule has 1 nitrogen and oxygen atoms in total. The summed E-state index contributed by atoms with van der Waals surface area (Å²) in [5.41, 5.74) is 5.87. The van der Waals surface area contributed by atoms with E-state index >= 15 is 0 Å². The molecule has 0 heterocycles. The summed E-state index contributed by atoms with van der Waals surface area (Å²) >= 11 is 0. The van der Waals surface area contributed by atoms with Gasteiger partial charge in [-0.2, -0.15) is 0 Å². The normalized spacial score (nSPS) is 11.4. The molecule has 0 amide bonds. The van der Waals surface area contributed by atoms with Crippen LogP contribution in [0.5, 0.6) is 5.75 Å². The number of phenolic OH excluding ortho intramolecular Hbond substituents is 1. The Morgan fingerprint density at radius 3 is 1.33 bits per heavy atom. The van der Waals surface area contributed by atoms with Crippen LogP contribution in [0.3, 0.4) is 0 Å². The van der Waals surface area contributed by atoms with Gasteiger partial charge < -0.3 is 5.11 Å². The Bertz CT molecular complexity index is 589. The molecule has 1 N–H and O–H groups in total. The molecule has 0 unspecified atom stereocenters. The summed E-state index contributed by atoms with van der Waals surface area (Å²) in [4.78, 5) is 0. The Morgan fingerprint density at radius 2 is 0.818 bits per heavy atom. The van der Waals surface area contributed by atoms with E-state index < -0.39 is 0 Å². The van der Waals surface area contributed by atoms with E-state index in [-0.39, 0.29) is 0 Å². The van der Waals surface area contributed by atoms with Gasteiger partial charge in [-0.3, -0.25) is 0 Å². The number of hydrogen-bond donors (Lipinski definition) is 1. The molecule has 0 aliphatic carbocycles. The molecule has 192 valence electrons. The van der Waals surface area contributed by atoms with E-state index in [1.54, 1.807) is 5.56 Å². The van der Waals surface area contributed by atoms with Gasteiger partial charge in [0.1, 0.15) is 5.75 Å². The van der Waals surface area contributed by atoms with Crippen LogP contribution in [-0.4, -0.2) is 5.11 Å². The predicted octanol–water partition coefficient (Wildman–Crippen LogP) is 10.7. The molecule has 0 saturated carbocycles. The molecular weight excluding hydrogens is 400 g/mol. The third kappa shape index (κ3) is 12.9. The second-order valence-electron chi connectivity index (χ2n) is 10.4. The van der Waals surface area contributed by atoms with E-state index in [0.717, 1.165) is 19.3 Å². The highest BCUT2D eigenvalue weighted by molar-refractivity contribution is 5.50. The first-order valence-corrected chi connectivity index (χ1v) is 15.0. The number of aromatic hydroxyl groups is 1. The summed E-state index contributed by atoms with van der Waals surface area (Å²) in [7, 11) is 0. The first-order valence-electron chi connectivity index (χ1n) is 15.0. The van der Waals surface area contributed by atoms with Crippen molar-refractivity contribution in [3.8, 4) is 5.75 Å². The summed E-state index contributed by atoms with van der Waals surface area (Å²) in [5.74, 6) is 0.583. The lowest BCUT2D eigenvalue weighted by atomic mass is 9.85. The largest absolute Gasteiger partial charge is 0.508 e. The molecule has 0 aliphatic heterocycles. The van der Waals surface area contributed by atoms with E-state index in [1.165, 1.54) is 139 Å². The van der Waals surface area contributed by atoms with Crippen molar-refractivity contribution in [2.24, 2.45) is 0 Å². The third-order valence-electron chi connectivity index (χ3n) is 7.38. The van der Waals surface area contributed by atoms with Crippen LogP contribution >= 0.6 is 0 Å². The number of phenols is 1. The second kappa shape index (κ2) is 20.4. The first-order chi connectivity index (χ1) is 16.2. The minimum Gasteiger partial charge on any atom is -0.508 e. The molecular formula is C32H58O. The Kier molecular flexibility index (Phi) is 18.6. The molecule has 1 rings (SSSR count). The van der Waals surface area contributed by atoms with E-state index in [4.69, 9.17) is 0 Å². The van der Waals surface area contributed by atoms with Gasteiger partial charge in [0.2, 0.25) is 0 Å². The standard InChI is InChI=1S/C32H58O/c1-5-9-13-14-15-16-17-18-19-20-21-22-26-29-28(23-10-6-2)27-32(33)31(25-12-8-4)30(29)24-11-7-3/h27,33H,5-26H2,1-4H3. The van der Waals surface area contributed by atoms with Crippen LogP contribution < -0.4 is 0 Å². The number of hydrogen-bond acceptors (Lipinski definition) is 1. The molecule has 0 aromatic heterocycles. The lowest BCUT2D eigenvalue weighted by Gasteiger charge is -2.21. The fraction of sp³-hybridized carbons (Fsp3) is 0.812. The van der Waals surface area contributed by atoms with Gasteiger partial charge in [0.25, 0.3) is 0 Å². The maximum absolute atomic E-state index is 10.9. The van der Waals surface area contributed by atoms with Gasteiger partial charge >= 0.3 is 0 Å². The molecule has 1 aromatic rings. The van der Waals surface area contributed by atoms with Crippen molar-refractivity contribution in [3.63, 3.8) is 0 Å². The number of rotatable bonds is 22. The van der Waals surface area contributed by atoms with Gasteiger partial charge in [0.15, 0.2) is 0 Å². The SMILES string of the molecule is CCCCCCCCCCCCCCc1c(CCCC)cc(O)c(CCCC)c1CCCC. The minimum absolute atomic E-state index is 0.583. The Morgan fingerprint density at radius 1 is 0.424 bits per heavy atom. The fourth-order valence-corrected chi connectivity index (χ4v) is 5.20. The predicted molar refractivity (Wildman–Crippen MR) is 149 cm³/mol. The van der Waals surface area contributed by atoms with E-state index in [9.17, 15) is 5.11 Å². The van der Waals surface area contributed by atoms with Crippen LogP contribution in [0.2, 0.25) is 0 Å². The monoisotopic (exact) mass is 458 g/mol. The van der Waals surface area contributed by atoms with Crippen LogP contribution in [0.25, 0.3) is 0 Å². The van der Waals surface area contributed by atoms with Crippen LogP contribution in [0.15, 0.2) is 6.07 Å². The Balaban J connectivity index is 2.61. The molecule has 33 heavy (non-hydrogen) atoms. The molecule has 1 heteroatoms. The molecule has 0 bridgehead atoms. The topological polar surface area (TPSA) is 20.2 Å². The fourth-order valence-electron chi connectivity index (χ4n) is 5.20. The average Bonchev–Trinajstić information content (AvgIpc) is 2.82. The molecule has 0 saturated heterocycles. The van der Waals surface area contributed by atoms with Crippen LogP contribution in [-0.2, 0) is 25.7 Å². The summed E-state index contributed by atoms with van der Waals surface area (Å²) < 4.78 is 0. The van der Waals surface area contributed by atoms with Crippen molar-refractivity contribution in [3.05, 3.63) is 28.3 Å². The van der Waals surface area contributed by atoms with Crippen molar-refractivity contribution in [2.75, 3.05) is 0 Å². The van der Waals surface area contributed by atoms with Crippen LogP contribution in [0.1, 0.15) is 166 Å². The number of unbranched alkanes of at least 4 members (excludes halogenated alkanes) is 14. The molecule has 0 spiro atoms. The quantitative estimate of drug-likeness (QED) is 0.171. The summed E-state index contributed by atoms with van der Waals surface area (Å²) in [5, 5.41) is 10.9. The second-order valence-corrected chi connectivity index (χ2v) is 10.4. The van der Waals surface area contributed by atoms with E-state index in [0.29, 0.717) is 5.75 Å². The van der Waals surface area contributed by atoms with Crippen LogP contribution in [0.4, 0.5) is 0 Å². The zero-order valence-corrected chi connectivity index (χ0v) is 23.1. The highest BCUT2D eigenvalue weighted by atomic mass is 16.3. The highest BCUT2D eigenvalue weighted by Gasteiger charge is 2.17. The first kappa shape index (κ1) is 30.1.